The molecule has 8 aromatic carbocycles. The second-order valence-electron chi connectivity index (χ2n) is 11.4. The Balaban J connectivity index is 1.38. The Morgan fingerprint density at radius 1 is 0.340 bits per heavy atom. The maximum absolute atomic E-state index is 10.0. The lowest BCUT2D eigenvalue weighted by Crippen LogP contribution is -1.94. The maximum Gasteiger partial charge on any atom is 0.0645 e. The third-order valence-electron chi connectivity index (χ3n) is 8.63. The summed E-state index contributed by atoms with van der Waals surface area (Å²) in [7, 11) is 0. The van der Waals surface area contributed by atoms with Crippen molar-refractivity contribution < 1.29 is 26.0 Å². The molecule has 0 radical (unpaired) electrons. The molecule has 0 aliphatic carbocycles. The van der Waals surface area contributed by atoms with Crippen LogP contribution in [0.1, 0.15) is 26.0 Å². The van der Waals surface area contributed by atoms with Gasteiger partial charge in [0.15, 0.2) is 0 Å². The summed E-state index contributed by atoms with van der Waals surface area (Å²) in [6.07, 6.45) is 0. The third kappa shape index (κ3) is 4.50. The van der Waals surface area contributed by atoms with Gasteiger partial charge in [-0.1, -0.05) is 133 Å². The van der Waals surface area contributed by atoms with Gasteiger partial charge in [0.25, 0.3) is 0 Å². The van der Waals surface area contributed by atoms with E-state index in [9.17, 15) is 11.0 Å². The van der Waals surface area contributed by atoms with Crippen molar-refractivity contribution in [1.29, 1.82) is 0 Å². The summed E-state index contributed by atoms with van der Waals surface area (Å²) >= 11 is 0. The number of fused-ring (bicyclic) bond motifs is 6. The molecule has 0 saturated carbocycles. The fraction of sp³-hybridized carbons (Fsp3) is 0. The van der Waals surface area contributed by atoms with E-state index in [1.54, 1.807) is 30.3 Å². The molecule has 0 N–H and O–H groups in total. The number of nitrogens with zero attached hydrogens (tertiary/aromatic N) is 2. The van der Waals surface area contributed by atoms with Gasteiger partial charge in [0.2, 0.25) is 0 Å². The Morgan fingerprint density at radius 2 is 1.00 bits per heavy atom. The van der Waals surface area contributed by atoms with E-state index in [-0.39, 0.29) is 84.7 Å². The van der Waals surface area contributed by atoms with Crippen LogP contribution in [0, 0.1) is 0 Å². The molecule has 234 valence electrons. The van der Waals surface area contributed by atoms with Gasteiger partial charge in [-0.05, 0) is 93.9 Å². The van der Waals surface area contributed by atoms with Crippen molar-refractivity contribution in [2.45, 2.75) is 0 Å². The Hall–Kier alpha value is -6.64. The van der Waals surface area contributed by atoms with Crippen LogP contribution >= 0.6 is 0 Å². The average Bonchev–Trinajstić information content (AvgIpc) is 3.85. The van der Waals surface area contributed by atoms with Gasteiger partial charge in [-0.15, -0.1) is 0 Å². The molecule has 50 heavy (non-hydrogen) atoms. The van der Waals surface area contributed by atoms with Crippen LogP contribution in [0.25, 0.3) is 88.4 Å². The molecule has 2 nitrogen and oxygen atoms in total. The molecular weight excluding hydrogens is 605 g/mol. The number of hydrogen-bond donors (Lipinski definition) is 0. The van der Waals surface area contributed by atoms with Crippen LogP contribution in [0.2, 0.25) is 0 Å². The molecule has 0 saturated heterocycles. The van der Waals surface area contributed by atoms with E-state index in [1.165, 1.54) is 41.0 Å². The second kappa shape index (κ2) is 11.5. The summed E-state index contributed by atoms with van der Waals surface area (Å²) in [6, 6.07) is 10.0. The van der Waals surface area contributed by atoms with Crippen molar-refractivity contribution in [2.24, 2.45) is 0 Å². The molecule has 10 rings (SSSR count). The molecule has 0 amide bonds. The van der Waals surface area contributed by atoms with Crippen LogP contribution in [0.15, 0.2) is 194 Å². The first-order chi connectivity index (χ1) is 32.7. The molecule has 2 heterocycles. The summed E-state index contributed by atoms with van der Waals surface area (Å²) < 4.78 is 175. The number of benzene rings is 8. The highest BCUT2D eigenvalue weighted by Gasteiger charge is 2.18. The van der Waals surface area contributed by atoms with Crippen LogP contribution in [-0.4, -0.2) is 9.13 Å². The molecule has 0 spiro atoms. The minimum Gasteiger partial charge on any atom is -0.309 e. The van der Waals surface area contributed by atoms with Gasteiger partial charge in [-0.2, -0.15) is 0 Å². The molecule has 0 unspecified atom stereocenters. The minimum absolute atomic E-state index is 0.0164. The zero-order valence-corrected chi connectivity index (χ0v) is 25.9. The van der Waals surface area contributed by atoms with Crippen molar-refractivity contribution in [3.63, 3.8) is 0 Å². The molecule has 0 fully saturated rings. The van der Waals surface area contributed by atoms with Gasteiger partial charge in [0.1, 0.15) is 0 Å². The number of para-hydroxylation sites is 2. The number of rotatable bonds is 5. The Bertz CT molecular complexity index is 3930. The summed E-state index contributed by atoms with van der Waals surface area (Å²) in [5.74, 6) is 0. The lowest BCUT2D eigenvalue weighted by atomic mass is 9.97. The highest BCUT2D eigenvalue weighted by molar-refractivity contribution is 6.17. The van der Waals surface area contributed by atoms with Crippen LogP contribution < -0.4 is 0 Å². The normalized spacial score (nSPS) is 16.9. The second-order valence-corrected chi connectivity index (χ2v) is 11.4. The SMILES string of the molecule is [2H]c1ccc(-c2ccc(-n3c4c([2H])c([2H])c([2H])c([2H])c4c4c([2H])c(-c5c([2H])c([2H])c6c(c5[2H])c5c(-c7ccccc7)c([2H])c([2H])c([2H])c5n6-c5c([2H])cc([2H])cc5[2H])c([2H])c([2H])c43)cc2[2H])c([2H])c1. The zero-order valence-electron chi connectivity index (χ0n) is 44.9. The van der Waals surface area contributed by atoms with E-state index in [2.05, 4.69) is 0 Å². The van der Waals surface area contributed by atoms with E-state index in [0.29, 0.717) is 16.7 Å². The Kier molecular flexibility index (Phi) is 3.52. The maximum atomic E-state index is 10.0. The van der Waals surface area contributed by atoms with Gasteiger partial charge >= 0.3 is 0 Å². The van der Waals surface area contributed by atoms with E-state index >= 15 is 0 Å². The largest absolute Gasteiger partial charge is 0.309 e. The monoisotopic (exact) mass is 655 g/mol. The molecule has 0 aliphatic rings. The van der Waals surface area contributed by atoms with Gasteiger partial charge in [-0.25, -0.2) is 0 Å². The van der Waals surface area contributed by atoms with E-state index < -0.39 is 102 Å². The van der Waals surface area contributed by atoms with Crippen molar-refractivity contribution >= 4 is 43.6 Å². The first-order valence-corrected chi connectivity index (χ1v) is 15.6. The summed E-state index contributed by atoms with van der Waals surface area (Å²) in [6.45, 7) is 0. The van der Waals surface area contributed by atoms with Gasteiger partial charge in [0.05, 0.1) is 48.1 Å². The Labute approximate surface area is 317 Å². The standard InChI is InChI=1S/C48H32N2/c1-4-13-33(14-5-1)34-23-27-39(28-24-34)49-44-21-11-10-19-41(44)42-31-36(25-29-45(42)49)37-26-30-46-43(32-37)48-40(35-15-6-2-7-16-35)20-12-22-47(48)50(46)38-17-8-3-9-18-38/h1-32H/i1D,3D,10D,11D,12D,13D,17D,18D,19D,20D,21D,22D,23D,25D,26D,29D,30D,31D,32D. The van der Waals surface area contributed by atoms with Gasteiger partial charge < -0.3 is 9.13 Å². The predicted molar refractivity (Wildman–Crippen MR) is 211 cm³/mol. The lowest BCUT2D eigenvalue weighted by molar-refractivity contribution is 1.18. The molecular formula is C48H32N2. The first kappa shape index (κ1) is 15.3. The molecule has 0 aliphatic heterocycles. The van der Waals surface area contributed by atoms with E-state index in [1.807, 2.05) is 0 Å². The number of aromatic nitrogens is 2. The topological polar surface area (TPSA) is 9.86 Å². The van der Waals surface area contributed by atoms with Crippen LogP contribution in [0.5, 0.6) is 0 Å². The molecule has 2 aromatic heterocycles. The first-order valence-electron chi connectivity index (χ1n) is 25.1. The van der Waals surface area contributed by atoms with Gasteiger partial charge in [-0.3, -0.25) is 0 Å². The fourth-order valence-corrected chi connectivity index (χ4v) is 6.41. The molecule has 0 atom stereocenters. The molecule has 2 heteroatoms. The summed E-state index contributed by atoms with van der Waals surface area (Å²) in [4.78, 5) is 0. The highest BCUT2D eigenvalue weighted by Crippen LogP contribution is 2.41. The smallest absolute Gasteiger partial charge is 0.0645 e. The third-order valence-corrected chi connectivity index (χ3v) is 8.63. The quantitative estimate of drug-likeness (QED) is 0.175. The average molecular weight is 656 g/mol. The summed E-state index contributed by atoms with van der Waals surface area (Å²) in [5.41, 5.74) is -1.09. The highest BCUT2D eigenvalue weighted by atomic mass is 15.0. The predicted octanol–water partition coefficient (Wildman–Crippen LogP) is 12.9. The van der Waals surface area contributed by atoms with E-state index in [0.717, 1.165) is 16.7 Å². The van der Waals surface area contributed by atoms with Crippen LogP contribution in [0.3, 0.4) is 0 Å². The van der Waals surface area contributed by atoms with E-state index in [4.69, 9.17) is 15.1 Å². The van der Waals surface area contributed by atoms with Crippen molar-refractivity contribution in [3.05, 3.63) is 194 Å². The zero-order chi connectivity index (χ0) is 49.6. The number of hydrogen-bond acceptors (Lipinski definition) is 0. The molecule has 0 bridgehead atoms. The van der Waals surface area contributed by atoms with Crippen LogP contribution in [-0.2, 0) is 0 Å². The summed E-state index contributed by atoms with van der Waals surface area (Å²) in [5, 5.41) is -0.769. The van der Waals surface area contributed by atoms with Crippen molar-refractivity contribution in [1.82, 2.24) is 9.13 Å². The molecule has 10 aromatic rings. The lowest BCUT2D eigenvalue weighted by Gasteiger charge is -2.10. The Morgan fingerprint density at radius 3 is 1.82 bits per heavy atom. The van der Waals surface area contributed by atoms with Gasteiger partial charge in [0, 0.05) is 32.9 Å². The van der Waals surface area contributed by atoms with Crippen molar-refractivity contribution in [2.75, 3.05) is 0 Å². The minimum atomic E-state index is -0.759. The van der Waals surface area contributed by atoms with Crippen molar-refractivity contribution in [3.8, 4) is 44.8 Å². The fourth-order valence-electron chi connectivity index (χ4n) is 6.41. The van der Waals surface area contributed by atoms with Crippen LogP contribution in [0.4, 0.5) is 0 Å².